The number of aliphatic hydroxyl groups is 1. The molecule has 0 unspecified atom stereocenters. The second-order valence-electron chi connectivity index (χ2n) is 5.59. The topological polar surface area (TPSA) is 58.4 Å². The quantitative estimate of drug-likeness (QED) is 0.903. The van der Waals surface area contributed by atoms with Gasteiger partial charge in [-0.15, -0.1) is 0 Å². The molecule has 0 aliphatic carbocycles. The summed E-state index contributed by atoms with van der Waals surface area (Å²) in [6, 6.07) is 5.68. The Kier molecular flexibility index (Phi) is 3.32. The van der Waals surface area contributed by atoms with Gasteiger partial charge in [-0.25, -0.2) is 4.68 Å². The third-order valence-corrected chi connectivity index (χ3v) is 2.89. The van der Waals surface area contributed by atoms with E-state index in [4.69, 9.17) is 0 Å². The van der Waals surface area contributed by atoms with E-state index >= 15 is 0 Å². The number of hydrogen-bond acceptors (Lipinski definition) is 4. The highest BCUT2D eigenvalue weighted by molar-refractivity contribution is 5.84. The van der Waals surface area contributed by atoms with Gasteiger partial charge in [0.25, 0.3) is 5.56 Å². The molecule has 0 saturated carbocycles. The molecule has 0 aliphatic heterocycles. The second-order valence-corrected chi connectivity index (χ2v) is 5.59. The molecule has 5 nitrogen and oxygen atoms in total. The van der Waals surface area contributed by atoms with Crippen molar-refractivity contribution in [1.82, 2.24) is 9.78 Å². The lowest BCUT2D eigenvalue weighted by molar-refractivity contribution is 0.0563. The van der Waals surface area contributed by atoms with E-state index in [1.165, 1.54) is 4.68 Å². The average Bonchev–Trinajstić information content (AvgIpc) is 2.31. The molecule has 0 spiro atoms. The van der Waals surface area contributed by atoms with Crippen LogP contribution in [0.2, 0.25) is 0 Å². The molecule has 0 fully saturated rings. The normalized spacial score (nSPS) is 11.8. The highest BCUT2D eigenvalue weighted by Gasteiger charge is 2.16. The summed E-state index contributed by atoms with van der Waals surface area (Å²) in [6.45, 7) is 3.48. The molecule has 1 heterocycles. The van der Waals surface area contributed by atoms with Gasteiger partial charge in [0.2, 0.25) is 0 Å². The van der Waals surface area contributed by atoms with E-state index in [1.807, 2.05) is 37.2 Å². The van der Waals surface area contributed by atoms with Gasteiger partial charge in [0.05, 0.1) is 23.7 Å². The van der Waals surface area contributed by atoms with E-state index in [0.29, 0.717) is 5.39 Å². The average molecular weight is 261 g/mol. The van der Waals surface area contributed by atoms with Crippen LogP contribution in [0, 0.1) is 0 Å². The van der Waals surface area contributed by atoms with Crippen molar-refractivity contribution in [3.05, 3.63) is 34.7 Å². The van der Waals surface area contributed by atoms with Gasteiger partial charge in [-0.3, -0.25) is 4.79 Å². The van der Waals surface area contributed by atoms with E-state index in [-0.39, 0.29) is 12.1 Å². The number of fused-ring (bicyclic) bond motifs is 1. The fourth-order valence-corrected chi connectivity index (χ4v) is 1.92. The fourth-order valence-electron chi connectivity index (χ4n) is 1.92. The van der Waals surface area contributed by atoms with Gasteiger partial charge in [0.1, 0.15) is 0 Å². The largest absolute Gasteiger partial charge is 0.389 e. The van der Waals surface area contributed by atoms with E-state index < -0.39 is 5.60 Å². The van der Waals surface area contributed by atoms with Gasteiger partial charge in [-0.1, -0.05) is 6.07 Å². The lowest BCUT2D eigenvalue weighted by atomic mass is 10.1. The van der Waals surface area contributed by atoms with E-state index in [9.17, 15) is 9.90 Å². The standard InChI is InChI=1S/C14H19N3O2/c1-14(2,19)9-17-13(18)12-7-11(16(3)4)6-5-10(12)8-15-17/h5-8,19H,9H2,1-4H3. The zero-order valence-electron chi connectivity index (χ0n) is 11.7. The highest BCUT2D eigenvalue weighted by Crippen LogP contribution is 2.17. The summed E-state index contributed by atoms with van der Waals surface area (Å²) in [7, 11) is 3.86. The van der Waals surface area contributed by atoms with Crippen LogP contribution in [0.15, 0.2) is 29.2 Å². The van der Waals surface area contributed by atoms with Crippen LogP contribution in [0.3, 0.4) is 0 Å². The molecule has 2 aromatic rings. The van der Waals surface area contributed by atoms with Crippen LogP contribution in [0.25, 0.3) is 10.8 Å². The van der Waals surface area contributed by atoms with E-state index in [0.717, 1.165) is 11.1 Å². The maximum absolute atomic E-state index is 12.4. The molecular formula is C14H19N3O2. The Morgan fingerprint density at radius 1 is 1.37 bits per heavy atom. The van der Waals surface area contributed by atoms with E-state index in [2.05, 4.69) is 5.10 Å². The van der Waals surface area contributed by atoms with Gasteiger partial charge in [0.15, 0.2) is 0 Å². The van der Waals surface area contributed by atoms with Crippen molar-refractivity contribution in [2.24, 2.45) is 0 Å². The zero-order valence-corrected chi connectivity index (χ0v) is 11.7. The first-order valence-electron chi connectivity index (χ1n) is 6.17. The summed E-state index contributed by atoms with van der Waals surface area (Å²) >= 11 is 0. The summed E-state index contributed by atoms with van der Waals surface area (Å²) in [5.41, 5.74) is -0.183. The Morgan fingerprint density at radius 3 is 2.63 bits per heavy atom. The number of anilines is 1. The molecule has 0 bridgehead atoms. The molecule has 1 aromatic heterocycles. The smallest absolute Gasteiger partial charge is 0.274 e. The molecule has 1 N–H and O–H groups in total. The maximum atomic E-state index is 12.4. The predicted molar refractivity (Wildman–Crippen MR) is 76.6 cm³/mol. The fraction of sp³-hybridized carbons (Fsp3) is 0.429. The third kappa shape index (κ3) is 2.93. The second kappa shape index (κ2) is 4.66. The number of nitrogens with zero attached hydrogens (tertiary/aromatic N) is 3. The summed E-state index contributed by atoms with van der Waals surface area (Å²) in [5.74, 6) is 0. The minimum absolute atomic E-state index is 0.175. The van der Waals surface area contributed by atoms with Crippen molar-refractivity contribution >= 4 is 16.5 Å². The molecule has 1 aromatic carbocycles. The molecule has 5 heteroatoms. The molecule has 0 atom stereocenters. The van der Waals surface area contributed by atoms with Gasteiger partial charge in [-0.2, -0.15) is 5.10 Å². The summed E-state index contributed by atoms with van der Waals surface area (Å²) in [6.07, 6.45) is 1.65. The van der Waals surface area contributed by atoms with Crippen molar-refractivity contribution in [2.45, 2.75) is 26.0 Å². The van der Waals surface area contributed by atoms with Gasteiger partial charge < -0.3 is 10.0 Å². The molecule has 0 aliphatic rings. The molecule has 0 radical (unpaired) electrons. The van der Waals surface area contributed by atoms with Crippen LogP contribution >= 0.6 is 0 Å². The number of aromatic nitrogens is 2. The predicted octanol–water partition coefficient (Wildman–Crippen LogP) is 1.23. The Bertz CT molecular complexity index is 654. The summed E-state index contributed by atoms with van der Waals surface area (Å²) in [4.78, 5) is 14.3. The van der Waals surface area contributed by atoms with Crippen molar-refractivity contribution < 1.29 is 5.11 Å². The Labute approximate surface area is 112 Å². The van der Waals surface area contributed by atoms with Crippen LogP contribution in [0.4, 0.5) is 5.69 Å². The molecule has 2 rings (SSSR count). The lowest BCUT2D eigenvalue weighted by Gasteiger charge is -2.18. The monoisotopic (exact) mass is 261 g/mol. The van der Waals surface area contributed by atoms with Crippen molar-refractivity contribution in [3.63, 3.8) is 0 Å². The summed E-state index contributed by atoms with van der Waals surface area (Å²) in [5, 5.41) is 15.3. The highest BCUT2D eigenvalue weighted by atomic mass is 16.3. The lowest BCUT2D eigenvalue weighted by Crippen LogP contribution is -2.34. The van der Waals surface area contributed by atoms with Crippen molar-refractivity contribution in [2.75, 3.05) is 19.0 Å². The molecule has 0 amide bonds. The number of hydrogen-bond donors (Lipinski definition) is 1. The van der Waals surface area contributed by atoms with Crippen LogP contribution in [-0.4, -0.2) is 34.6 Å². The Balaban J connectivity index is 2.59. The van der Waals surface area contributed by atoms with Crippen LogP contribution in [-0.2, 0) is 6.54 Å². The number of rotatable bonds is 3. The summed E-state index contributed by atoms with van der Waals surface area (Å²) < 4.78 is 1.31. The minimum atomic E-state index is -0.969. The third-order valence-electron chi connectivity index (χ3n) is 2.89. The van der Waals surface area contributed by atoms with Crippen molar-refractivity contribution in [3.8, 4) is 0 Å². The molecule has 0 saturated heterocycles. The first kappa shape index (κ1) is 13.5. The zero-order chi connectivity index (χ0) is 14.2. The van der Waals surface area contributed by atoms with Crippen LogP contribution in [0.1, 0.15) is 13.8 Å². The van der Waals surface area contributed by atoms with Crippen molar-refractivity contribution in [1.29, 1.82) is 0 Å². The Hall–Kier alpha value is -1.88. The van der Waals surface area contributed by atoms with Gasteiger partial charge in [-0.05, 0) is 26.0 Å². The van der Waals surface area contributed by atoms with Crippen LogP contribution < -0.4 is 10.5 Å². The molecule has 102 valence electrons. The first-order valence-corrected chi connectivity index (χ1v) is 6.17. The van der Waals surface area contributed by atoms with Gasteiger partial charge >= 0.3 is 0 Å². The van der Waals surface area contributed by atoms with Gasteiger partial charge in [0, 0.05) is 25.2 Å². The molecule has 19 heavy (non-hydrogen) atoms. The maximum Gasteiger partial charge on any atom is 0.274 e. The SMILES string of the molecule is CN(C)c1ccc2cnn(CC(C)(C)O)c(=O)c2c1. The van der Waals surface area contributed by atoms with Crippen LogP contribution in [0.5, 0.6) is 0 Å². The van der Waals surface area contributed by atoms with E-state index in [1.54, 1.807) is 20.0 Å². The Morgan fingerprint density at radius 2 is 2.05 bits per heavy atom. The minimum Gasteiger partial charge on any atom is -0.389 e. The number of benzene rings is 1. The first-order chi connectivity index (χ1) is 8.78. The molecular weight excluding hydrogens is 242 g/mol.